The van der Waals surface area contributed by atoms with Crippen LogP contribution in [0.2, 0.25) is 0 Å². The van der Waals surface area contributed by atoms with Gasteiger partial charge >= 0.3 is 11.9 Å². The lowest BCUT2D eigenvalue weighted by Gasteiger charge is -2.06. The Balaban J connectivity index is 1.44. The van der Waals surface area contributed by atoms with E-state index < -0.39 is 23.4 Å². The summed E-state index contributed by atoms with van der Waals surface area (Å²) in [6.45, 7) is 0. The van der Waals surface area contributed by atoms with Gasteiger partial charge in [0, 0.05) is 18.2 Å². The number of nitrogens with one attached hydrogen (secondary N) is 1. The molecule has 0 amide bonds. The van der Waals surface area contributed by atoms with E-state index in [0.717, 1.165) is 0 Å². The van der Waals surface area contributed by atoms with Gasteiger partial charge in [-0.1, -0.05) is 36.4 Å². The minimum absolute atomic E-state index is 0.288. The lowest BCUT2D eigenvalue weighted by Crippen LogP contribution is -2.16. The zero-order valence-electron chi connectivity index (χ0n) is 17.3. The summed E-state index contributed by atoms with van der Waals surface area (Å²) in [5.74, 6) is -1.73. The number of fused-ring (bicyclic) bond motifs is 1. The Morgan fingerprint density at radius 3 is 2.44 bits per heavy atom. The summed E-state index contributed by atoms with van der Waals surface area (Å²) in [5, 5.41) is 0. The topological polar surface area (TPSA) is 93.8 Å². The van der Waals surface area contributed by atoms with Crippen molar-refractivity contribution in [2.75, 3.05) is 0 Å². The van der Waals surface area contributed by atoms with E-state index in [2.05, 4.69) is 15.0 Å². The largest absolute Gasteiger partial charge is 0.437 e. The first kappa shape index (κ1) is 21.4. The zero-order valence-corrected chi connectivity index (χ0v) is 17.3. The number of hydrogen-bond acceptors (Lipinski definition) is 5. The second-order valence-electron chi connectivity index (χ2n) is 7.47. The highest BCUT2D eigenvalue weighted by atomic mass is 19.4. The van der Waals surface area contributed by atoms with E-state index in [9.17, 15) is 22.8 Å². The molecule has 0 aliphatic heterocycles. The highest BCUT2D eigenvalue weighted by Gasteiger charge is 2.41. The summed E-state index contributed by atoms with van der Waals surface area (Å²) >= 11 is 0. The average molecular weight is 464 g/mol. The molecule has 34 heavy (non-hydrogen) atoms. The Hall–Kier alpha value is -4.47. The van der Waals surface area contributed by atoms with E-state index >= 15 is 0 Å². The molecule has 5 aromatic rings. The molecule has 10 heteroatoms. The van der Waals surface area contributed by atoms with E-state index in [1.807, 2.05) is 0 Å². The molecule has 0 fully saturated rings. The van der Waals surface area contributed by atoms with Crippen LogP contribution in [0.25, 0.3) is 28.3 Å². The van der Waals surface area contributed by atoms with Crippen LogP contribution in [0.3, 0.4) is 0 Å². The van der Waals surface area contributed by atoms with Gasteiger partial charge < -0.3 is 9.40 Å². The van der Waals surface area contributed by atoms with Crippen molar-refractivity contribution >= 4 is 16.8 Å². The van der Waals surface area contributed by atoms with Gasteiger partial charge in [-0.3, -0.25) is 4.79 Å². The molecule has 0 spiro atoms. The van der Waals surface area contributed by atoms with Gasteiger partial charge in [0.25, 0.3) is 0 Å². The van der Waals surface area contributed by atoms with Gasteiger partial charge in [-0.25, -0.2) is 19.3 Å². The summed E-state index contributed by atoms with van der Waals surface area (Å²) in [5.41, 5.74) is 0.171. The van der Waals surface area contributed by atoms with E-state index in [-0.39, 0.29) is 18.0 Å². The molecule has 3 aromatic heterocycles. The lowest BCUT2D eigenvalue weighted by atomic mass is 10.1. The van der Waals surface area contributed by atoms with Crippen LogP contribution in [0.5, 0.6) is 0 Å². The predicted octanol–water partition coefficient (Wildman–Crippen LogP) is 4.81. The first-order valence-electron chi connectivity index (χ1n) is 10.1. The molecule has 0 saturated carbocycles. The van der Waals surface area contributed by atoms with Gasteiger partial charge in [-0.2, -0.15) is 13.2 Å². The van der Waals surface area contributed by atoms with Gasteiger partial charge in [0.15, 0.2) is 5.69 Å². The maximum absolute atomic E-state index is 13.5. The van der Waals surface area contributed by atoms with Crippen molar-refractivity contribution in [2.45, 2.75) is 12.6 Å². The van der Waals surface area contributed by atoms with Gasteiger partial charge in [-0.05, 0) is 35.9 Å². The van der Waals surface area contributed by atoms with Crippen LogP contribution in [0.15, 0.2) is 82.1 Å². The lowest BCUT2D eigenvalue weighted by molar-refractivity contribution is -0.141. The Morgan fingerprint density at radius 2 is 1.74 bits per heavy atom. The molecule has 0 bridgehead atoms. The maximum atomic E-state index is 13.5. The summed E-state index contributed by atoms with van der Waals surface area (Å²) in [6.07, 6.45) is -3.91. The third-order valence-corrected chi connectivity index (χ3v) is 5.16. The fraction of sp³-hybridized carbons (Fsp3) is 0.0833. The van der Waals surface area contributed by atoms with Crippen molar-refractivity contribution in [2.24, 2.45) is 0 Å². The van der Waals surface area contributed by atoms with Crippen LogP contribution >= 0.6 is 0 Å². The first-order chi connectivity index (χ1) is 16.3. The molecule has 3 heterocycles. The first-order valence-corrected chi connectivity index (χ1v) is 10.1. The number of Topliss-reactive ketones (excluding diaryl/α,β-unsaturated/α-hetero) is 1. The summed E-state index contributed by atoms with van der Waals surface area (Å²) < 4.78 is 47.2. The van der Waals surface area contributed by atoms with E-state index in [4.69, 9.17) is 4.42 Å². The number of benzene rings is 2. The Morgan fingerprint density at radius 1 is 1.00 bits per heavy atom. The number of carbonyl (C=O) groups is 1. The standard InChI is InChI=1S/C24H15F3N4O3/c25-24(26,27)21-20(34-22(30-21)15-6-2-1-3-7-15)18(32)12-14-10-11-19(28-13-14)31-17-9-5-4-8-16(17)29-23(31)33/h1-11,13H,12H2,(H,29,33). The van der Waals surface area contributed by atoms with Crippen molar-refractivity contribution in [1.82, 2.24) is 19.5 Å². The fourth-order valence-electron chi connectivity index (χ4n) is 3.61. The van der Waals surface area contributed by atoms with Crippen LogP contribution in [-0.2, 0) is 12.6 Å². The Labute approximate surface area is 189 Å². The molecular weight excluding hydrogens is 449 g/mol. The molecule has 0 aliphatic rings. The molecule has 7 nitrogen and oxygen atoms in total. The number of alkyl halides is 3. The number of hydrogen-bond donors (Lipinski definition) is 1. The van der Waals surface area contributed by atoms with E-state index in [1.54, 1.807) is 42.5 Å². The molecule has 0 saturated heterocycles. The van der Waals surface area contributed by atoms with Crippen molar-refractivity contribution < 1.29 is 22.4 Å². The molecule has 2 aromatic carbocycles. The van der Waals surface area contributed by atoms with Gasteiger partial charge in [-0.15, -0.1) is 0 Å². The second-order valence-corrected chi connectivity index (χ2v) is 7.47. The highest BCUT2D eigenvalue weighted by Crippen LogP contribution is 2.35. The van der Waals surface area contributed by atoms with Crippen LogP contribution < -0.4 is 5.69 Å². The molecular formula is C24H15F3N4O3. The van der Waals surface area contributed by atoms with Crippen LogP contribution in [-0.4, -0.2) is 25.3 Å². The number of pyridine rings is 1. The summed E-state index contributed by atoms with van der Waals surface area (Å²) in [6, 6.07) is 18.1. The predicted molar refractivity (Wildman–Crippen MR) is 117 cm³/mol. The highest BCUT2D eigenvalue weighted by molar-refractivity contribution is 5.96. The number of rotatable bonds is 5. The van der Waals surface area contributed by atoms with Gasteiger partial charge in [0.05, 0.1) is 11.0 Å². The fourth-order valence-corrected chi connectivity index (χ4v) is 3.61. The number of halogens is 3. The molecule has 0 atom stereocenters. The number of oxazole rings is 1. The minimum Gasteiger partial charge on any atom is -0.432 e. The third kappa shape index (κ3) is 3.90. The van der Waals surface area contributed by atoms with Crippen molar-refractivity contribution in [3.05, 3.63) is 100 Å². The average Bonchev–Trinajstić information content (AvgIpc) is 3.42. The number of aromatic amines is 1. The number of para-hydroxylation sites is 2. The monoisotopic (exact) mass is 464 g/mol. The number of H-pyrrole nitrogens is 1. The number of imidazole rings is 1. The number of carbonyl (C=O) groups excluding carboxylic acids is 1. The zero-order chi connectivity index (χ0) is 23.9. The quantitative estimate of drug-likeness (QED) is 0.377. The normalized spacial score (nSPS) is 11.7. The van der Waals surface area contributed by atoms with Crippen LogP contribution in [0.4, 0.5) is 13.2 Å². The van der Waals surface area contributed by atoms with E-state index in [1.165, 1.54) is 35.0 Å². The van der Waals surface area contributed by atoms with Crippen LogP contribution in [0, 0.1) is 0 Å². The Bertz CT molecular complexity index is 1550. The second kappa shape index (κ2) is 8.14. The molecule has 0 radical (unpaired) electrons. The van der Waals surface area contributed by atoms with Crippen molar-refractivity contribution in [3.8, 4) is 17.3 Å². The minimum atomic E-state index is -4.86. The number of ketones is 1. The molecule has 0 aliphatic carbocycles. The number of aromatic nitrogens is 4. The van der Waals surface area contributed by atoms with Crippen molar-refractivity contribution in [3.63, 3.8) is 0 Å². The molecule has 5 rings (SSSR count). The van der Waals surface area contributed by atoms with Gasteiger partial charge in [0.1, 0.15) is 5.82 Å². The summed E-state index contributed by atoms with van der Waals surface area (Å²) in [4.78, 5) is 35.5. The molecule has 0 unspecified atom stereocenters. The summed E-state index contributed by atoms with van der Waals surface area (Å²) in [7, 11) is 0. The Kier molecular flexibility index (Phi) is 5.12. The number of nitrogens with zero attached hydrogens (tertiary/aromatic N) is 3. The molecule has 170 valence electrons. The SMILES string of the molecule is O=C(Cc1ccc(-n2c(=O)[nH]c3ccccc32)nc1)c1oc(-c2ccccc2)nc1C(F)(F)F. The third-order valence-electron chi connectivity index (χ3n) is 5.16. The molecule has 1 N–H and O–H groups in total. The van der Waals surface area contributed by atoms with Crippen LogP contribution in [0.1, 0.15) is 21.8 Å². The smallest absolute Gasteiger partial charge is 0.432 e. The van der Waals surface area contributed by atoms with Gasteiger partial charge in [0.2, 0.25) is 17.4 Å². The van der Waals surface area contributed by atoms with E-state index in [0.29, 0.717) is 28.0 Å². The van der Waals surface area contributed by atoms with Crippen molar-refractivity contribution in [1.29, 1.82) is 0 Å². The maximum Gasteiger partial charge on any atom is 0.437 e.